The zero-order chi connectivity index (χ0) is 28.9. The number of aryl methyl sites for hydroxylation is 1. The summed E-state index contributed by atoms with van der Waals surface area (Å²) < 4.78 is 28.6. The summed E-state index contributed by atoms with van der Waals surface area (Å²) in [7, 11) is -4.28. The van der Waals surface area contributed by atoms with E-state index >= 15 is 0 Å². The third-order valence-corrected chi connectivity index (χ3v) is 8.99. The van der Waals surface area contributed by atoms with Crippen LogP contribution in [-0.2, 0) is 26.2 Å². The Hall–Kier alpha value is -2.49. The highest BCUT2D eigenvalue weighted by atomic mass is 35.5. The molecule has 3 rings (SSSR count). The molecule has 0 saturated heterocycles. The van der Waals surface area contributed by atoms with Crippen LogP contribution in [0.1, 0.15) is 25.0 Å². The van der Waals surface area contributed by atoms with Crippen LogP contribution >= 0.6 is 46.4 Å². The summed E-state index contributed by atoms with van der Waals surface area (Å²) in [6.07, 6.45) is 0. The predicted molar refractivity (Wildman–Crippen MR) is 157 cm³/mol. The van der Waals surface area contributed by atoms with Crippen molar-refractivity contribution in [2.45, 2.75) is 38.3 Å². The fourth-order valence-electron chi connectivity index (χ4n) is 3.77. The van der Waals surface area contributed by atoms with Gasteiger partial charge in [0.15, 0.2) is 0 Å². The lowest BCUT2D eigenvalue weighted by atomic mass is 10.1. The molecule has 39 heavy (non-hydrogen) atoms. The molecule has 0 unspecified atom stereocenters. The van der Waals surface area contributed by atoms with Gasteiger partial charge in [-0.3, -0.25) is 13.9 Å². The molecule has 0 aromatic heterocycles. The van der Waals surface area contributed by atoms with E-state index in [4.69, 9.17) is 46.4 Å². The minimum Gasteiger partial charge on any atom is -0.355 e. The molecule has 0 radical (unpaired) electrons. The standard InChI is InChI=1S/C27H27Cl4N3O4S/c1-4-32-27(36)18(3)33(15-19-7-11-22(29)24(31)13-19)26(35)16-34(25-14-20(28)8-12-23(25)30)39(37,38)21-9-5-17(2)6-10-21/h5-14,18H,4,15-16H2,1-3H3,(H,32,36)/t18-/m0/s1. The van der Waals surface area contributed by atoms with Gasteiger partial charge in [-0.25, -0.2) is 8.42 Å². The molecule has 0 aliphatic heterocycles. The molecule has 7 nitrogen and oxygen atoms in total. The number of hydrogen-bond donors (Lipinski definition) is 1. The van der Waals surface area contributed by atoms with E-state index in [0.29, 0.717) is 17.1 Å². The number of halogens is 4. The molecule has 0 saturated carbocycles. The first kappa shape index (κ1) is 31.0. The number of nitrogens with zero attached hydrogens (tertiary/aromatic N) is 2. The normalized spacial score (nSPS) is 12.1. The Labute approximate surface area is 248 Å². The average Bonchev–Trinajstić information content (AvgIpc) is 2.89. The highest BCUT2D eigenvalue weighted by Gasteiger charge is 2.33. The lowest BCUT2D eigenvalue weighted by molar-refractivity contribution is -0.139. The molecular weight excluding hydrogens is 604 g/mol. The first-order valence-corrected chi connectivity index (χ1v) is 14.9. The zero-order valence-electron chi connectivity index (χ0n) is 21.4. The second-order valence-corrected chi connectivity index (χ2v) is 12.3. The smallest absolute Gasteiger partial charge is 0.264 e. The van der Waals surface area contributed by atoms with Gasteiger partial charge in [-0.1, -0.05) is 70.2 Å². The lowest BCUT2D eigenvalue weighted by Crippen LogP contribution is -2.51. The summed E-state index contributed by atoms with van der Waals surface area (Å²) in [5.41, 5.74) is 1.49. The fraction of sp³-hybridized carbons (Fsp3) is 0.259. The van der Waals surface area contributed by atoms with E-state index in [-0.39, 0.29) is 32.2 Å². The number of sulfonamides is 1. The summed E-state index contributed by atoms with van der Waals surface area (Å²) >= 11 is 24.8. The Morgan fingerprint density at radius 1 is 0.897 bits per heavy atom. The molecule has 3 aromatic rings. The van der Waals surface area contributed by atoms with Gasteiger partial charge in [-0.2, -0.15) is 0 Å². The number of carbonyl (C=O) groups excluding carboxylic acids is 2. The van der Waals surface area contributed by atoms with E-state index in [2.05, 4.69) is 5.32 Å². The van der Waals surface area contributed by atoms with E-state index in [1.165, 1.54) is 35.2 Å². The van der Waals surface area contributed by atoms with E-state index in [1.54, 1.807) is 44.2 Å². The topological polar surface area (TPSA) is 86.8 Å². The highest BCUT2D eigenvalue weighted by Crippen LogP contribution is 2.33. The summed E-state index contributed by atoms with van der Waals surface area (Å²) in [5, 5.41) is 3.62. The Morgan fingerprint density at radius 3 is 2.15 bits per heavy atom. The maximum Gasteiger partial charge on any atom is 0.264 e. The van der Waals surface area contributed by atoms with Gasteiger partial charge in [-0.15, -0.1) is 0 Å². The minimum atomic E-state index is -4.28. The van der Waals surface area contributed by atoms with Crippen LogP contribution in [0, 0.1) is 6.92 Å². The Morgan fingerprint density at radius 2 is 1.54 bits per heavy atom. The van der Waals surface area contributed by atoms with Gasteiger partial charge >= 0.3 is 0 Å². The summed E-state index contributed by atoms with van der Waals surface area (Å²) in [6, 6.07) is 14.4. The fourth-order valence-corrected chi connectivity index (χ4v) is 5.95. The van der Waals surface area contributed by atoms with Crippen LogP contribution < -0.4 is 9.62 Å². The molecule has 208 valence electrons. The first-order valence-electron chi connectivity index (χ1n) is 11.9. The Balaban J connectivity index is 2.08. The molecule has 0 bridgehead atoms. The number of rotatable bonds is 10. The Bertz CT molecular complexity index is 1470. The van der Waals surface area contributed by atoms with Crippen LogP contribution in [0.2, 0.25) is 20.1 Å². The summed E-state index contributed by atoms with van der Waals surface area (Å²) in [5.74, 6) is -1.05. The van der Waals surface area contributed by atoms with Gasteiger partial charge in [0.2, 0.25) is 11.8 Å². The van der Waals surface area contributed by atoms with Gasteiger partial charge in [0.1, 0.15) is 12.6 Å². The van der Waals surface area contributed by atoms with Crippen molar-refractivity contribution in [2.24, 2.45) is 0 Å². The van der Waals surface area contributed by atoms with E-state index in [0.717, 1.165) is 9.87 Å². The van der Waals surface area contributed by atoms with Crippen molar-refractivity contribution < 1.29 is 18.0 Å². The number of hydrogen-bond acceptors (Lipinski definition) is 4. The predicted octanol–water partition coefficient (Wildman–Crippen LogP) is 6.36. The summed E-state index contributed by atoms with van der Waals surface area (Å²) in [6.45, 7) is 4.81. The SMILES string of the molecule is CCNC(=O)[C@H](C)N(Cc1ccc(Cl)c(Cl)c1)C(=O)CN(c1cc(Cl)ccc1Cl)S(=O)(=O)c1ccc(C)cc1. The monoisotopic (exact) mass is 629 g/mol. The third-order valence-electron chi connectivity index (χ3n) is 5.92. The third kappa shape index (κ3) is 7.58. The van der Waals surface area contributed by atoms with Crippen molar-refractivity contribution in [2.75, 3.05) is 17.4 Å². The van der Waals surface area contributed by atoms with Crippen LogP contribution in [0.5, 0.6) is 0 Å². The molecule has 0 aliphatic rings. The molecular formula is C27H27Cl4N3O4S. The second-order valence-electron chi connectivity index (χ2n) is 8.76. The van der Waals surface area contributed by atoms with Crippen LogP contribution in [0.15, 0.2) is 65.6 Å². The van der Waals surface area contributed by atoms with Crippen LogP contribution in [0.25, 0.3) is 0 Å². The van der Waals surface area contributed by atoms with Gasteiger partial charge in [0, 0.05) is 18.1 Å². The maximum absolute atomic E-state index is 13.9. The average molecular weight is 631 g/mol. The highest BCUT2D eigenvalue weighted by molar-refractivity contribution is 7.92. The maximum atomic E-state index is 13.9. The molecule has 1 atom stereocenters. The van der Waals surface area contributed by atoms with Crippen LogP contribution in [0.3, 0.4) is 0 Å². The van der Waals surface area contributed by atoms with Crippen molar-refractivity contribution in [3.8, 4) is 0 Å². The van der Waals surface area contributed by atoms with Crippen molar-refractivity contribution in [3.05, 3.63) is 91.9 Å². The van der Waals surface area contributed by atoms with Crippen LogP contribution in [0.4, 0.5) is 5.69 Å². The molecule has 12 heteroatoms. The molecule has 3 aromatic carbocycles. The number of nitrogens with one attached hydrogen (secondary N) is 1. The number of likely N-dealkylation sites (N-methyl/N-ethyl adjacent to an activating group) is 1. The number of benzene rings is 3. The molecule has 2 amide bonds. The number of amides is 2. The lowest BCUT2D eigenvalue weighted by Gasteiger charge is -2.32. The molecule has 0 aliphatic carbocycles. The largest absolute Gasteiger partial charge is 0.355 e. The molecule has 0 fully saturated rings. The van der Waals surface area contributed by atoms with Crippen molar-refractivity contribution in [1.29, 1.82) is 0 Å². The van der Waals surface area contributed by atoms with E-state index < -0.39 is 34.4 Å². The molecule has 0 heterocycles. The Kier molecular flexibility index (Phi) is 10.5. The summed E-state index contributed by atoms with van der Waals surface area (Å²) in [4.78, 5) is 27.9. The second kappa shape index (κ2) is 13.2. The van der Waals surface area contributed by atoms with Crippen molar-refractivity contribution in [3.63, 3.8) is 0 Å². The minimum absolute atomic E-state index is 0.0261. The van der Waals surface area contributed by atoms with Gasteiger partial charge < -0.3 is 10.2 Å². The van der Waals surface area contributed by atoms with Crippen molar-refractivity contribution >= 4 is 73.9 Å². The van der Waals surface area contributed by atoms with Crippen molar-refractivity contribution in [1.82, 2.24) is 10.2 Å². The van der Waals surface area contributed by atoms with E-state index in [9.17, 15) is 18.0 Å². The van der Waals surface area contributed by atoms with Crippen LogP contribution in [-0.4, -0.2) is 44.3 Å². The number of carbonyl (C=O) groups is 2. The van der Waals surface area contributed by atoms with Gasteiger partial charge in [-0.05, 0) is 68.8 Å². The molecule has 1 N–H and O–H groups in total. The zero-order valence-corrected chi connectivity index (χ0v) is 25.3. The molecule has 0 spiro atoms. The van der Waals surface area contributed by atoms with E-state index in [1.807, 2.05) is 6.92 Å². The quantitative estimate of drug-likeness (QED) is 0.283. The van der Waals surface area contributed by atoms with Gasteiger partial charge in [0.25, 0.3) is 10.0 Å². The first-order chi connectivity index (χ1) is 18.3. The number of anilines is 1. The van der Waals surface area contributed by atoms with Gasteiger partial charge in [0.05, 0.1) is 25.7 Å².